The molecule has 0 amide bonds. The number of nitrogens with zero attached hydrogens (tertiary/aromatic N) is 2. The highest BCUT2D eigenvalue weighted by Crippen LogP contribution is 2.44. The van der Waals surface area contributed by atoms with Crippen LogP contribution < -0.4 is 9.47 Å². The molecule has 0 aromatic heterocycles. The Labute approximate surface area is 187 Å². The lowest BCUT2D eigenvalue weighted by Crippen LogP contribution is -2.36. The molecule has 0 saturated heterocycles. The fraction of sp³-hybridized carbons (Fsp3) is 0.208. The summed E-state index contributed by atoms with van der Waals surface area (Å²) < 4.78 is 47.4. The van der Waals surface area contributed by atoms with Crippen LogP contribution in [0.4, 0.5) is 24.5 Å². The Bertz CT molecular complexity index is 1220. The molecule has 0 atom stereocenters. The van der Waals surface area contributed by atoms with Gasteiger partial charge < -0.3 is 9.47 Å². The van der Waals surface area contributed by atoms with Gasteiger partial charge in [-0.3, -0.25) is 15.1 Å². The van der Waals surface area contributed by atoms with Gasteiger partial charge in [-0.1, -0.05) is 30.3 Å². The highest BCUT2D eigenvalue weighted by Gasteiger charge is 2.35. The van der Waals surface area contributed by atoms with Crippen LogP contribution in [0.1, 0.15) is 25.8 Å². The number of alkyl halides is 3. The van der Waals surface area contributed by atoms with Crippen LogP contribution in [0, 0.1) is 10.1 Å². The fourth-order valence-electron chi connectivity index (χ4n) is 3.66. The van der Waals surface area contributed by atoms with E-state index < -0.39 is 16.9 Å². The van der Waals surface area contributed by atoms with Gasteiger partial charge in [0.15, 0.2) is 0 Å². The molecular weight excluding hydrogens is 437 g/mol. The van der Waals surface area contributed by atoms with Crippen molar-refractivity contribution in [2.45, 2.75) is 32.2 Å². The second-order valence-corrected chi connectivity index (χ2v) is 8.13. The summed E-state index contributed by atoms with van der Waals surface area (Å²) >= 11 is 0. The first-order valence-electron chi connectivity index (χ1n) is 10.0. The molecule has 0 fully saturated rings. The van der Waals surface area contributed by atoms with E-state index in [9.17, 15) is 23.3 Å². The lowest BCUT2D eigenvalue weighted by atomic mass is 9.88. The van der Waals surface area contributed by atoms with Gasteiger partial charge in [0.25, 0.3) is 5.69 Å². The molecule has 33 heavy (non-hydrogen) atoms. The van der Waals surface area contributed by atoms with Crippen LogP contribution in [0.5, 0.6) is 11.5 Å². The van der Waals surface area contributed by atoms with Gasteiger partial charge in [-0.25, -0.2) is 0 Å². The number of aliphatic imine (C=N–C) groups is 1. The molecule has 1 aliphatic rings. The molecule has 1 heterocycles. The standard InChI is InChI=1S/C24H19F3N2O4/c1-23(2)14-21(28-16-8-10-18(11-9-16)32-24(25,26)27)20-13-17(29(30)31)12-19(22(20)33-23)15-6-4-3-5-7-15/h3-13H,14H2,1-2H3. The van der Waals surface area contributed by atoms with E-state index in [-0.39, 0.29) is 11.4 Å². The molecule has 0 N–H and O–H groups in total. The number of nitro benzene ring substituents is 1. The highest BCUT2D eigenvalue weighted by atomic mass is 19.4. The molecule has 170 valence electrons. The summed E-state index contributed by atoms with van der Waals surface area (Å²) in [5, 5.41) is 11.6. The molecule has 0 radical (unpaired) electrons. The van der Waals surface area contributed by atoms with E-state index >= 15 is 0 Å². The molecule has 1 aliphatic heterocycles. The zero-order chi connectivity index (χ0) is 23.8. The Balaban J connectivity index is 1.84. The first-order chi connectivity index (χ1) is 15.5. The largest absolute Gasteiger partial charge is 0.573 e. The number of rotatable bonds is 4. The molecule has 0 spiro atoms. The Morgan fingerprint density at radius 1 is 1.03 bits per heavy atom. The van der Waals surface area contributed by atoms with Crippen molar-refractivity contribution in [1.82, 2.24) is 0 Å². The summed E-state index contributed by atoms with van der Waals surface area (Å²) in [6, 6.07) is 17.2. The molecule has 0 unspecified atom stereocenters. The maximum Gasteiger partial charge on any atom is 0.573 e. The van der Waals surface area contributed by atoms with Crippen molar-refractivity contribution in [2.75, 3.05) is 0 Å². The van der Waals surface area contributed by atoms with Crippen LogP contribution in [-0.2, 0) is 0 Å². The maximum absolute atomic E-state index is 12.4. The molecule has 6 nitrogen and oxygen atoms in total. The van der Waals surface area contributed by atoms with E-state index in [4.69, 9.17) is 4.74 Å². The molecule has 3 aromatic carbocycles. The normalized spacial score (nSPS) is 16.1. The molecule has 4 rings (SSSR count). The summed E-state index contributed by atoms with van der Waals surface area (Å²) in [4.78, 5) is 15.8. The predicted molar refractivity (Wildman–Crippen MR) is 117 cm³/mol. The molecule has 9 heteroatoms. The van der Waals surface area contributed by atoms with Crippen molar-refractivity contribution in [1.29, 1.82) is 0 Å². The predicted octanol–water partition coefficient (Wildman–Crippen LogP) is 6.84. The Kier molecular flexibility index (Phi) is 5.57. The van der Waals surface area contributed by atoms with Gasteiger partial charge in [-0.2, -0.15) is 0 Å². The number of halogens is 3. The summed E-state index contributed by atoms with van der Waals surface area (Å²) in [6.45, 7) is 3.75. The number of fused-ring (bicyclic) bond motifs is 1. The van der Waals surface area contributed by atoms with E-state index in [1.807, 2.05) is 44.2 Å². The SMILES string of the molecule is CC1(C)CC(=Nc2ccc(OC(F)(F)F)cc2)c2cc([N+](=O)[O-])cc(-c3ccccc3)c2O1. The van der Waals surface area contributed by atoms with Crippen LogP contribution >= 0.6 is 0 Å². The Morgan fingerprint density at radius 2 is 1.67 bits per heavy atom. The quantitative estimate of drug-likeness (QED) is 0.318. The minimum atomic E-state index is -4.79. The lowest BCUT2D eigenvalue weighted by molar-refractivity contribution is -0.384. The summed E-state index contributed by atoms with van der Waals surface area (Å²) in [7, 11) is 0. The average Bonchev–Trinajstić information content (AvgIpc) is 2.73. The summed E-state index contributed by atoms with van der Waals surface area (Å²) in [6.07, 6.45) is -4.44. The second-order valence-electron chi connectivity index (χ2n) is 8.13. The average molecular weight is 456 g/mol. The van der Waals surface area contributed by atoms with Crippen molar-refractivity contribution in [3.8, 4) is 22.6 Å². The number of nitro groups is 1. The Morgan fingerprint density at radius 3 is 2.27 bits per heavy atom. The van der Waals surface area contributed by atoms with E-state index in [1.165, 1.54) is 36.4 Å². The van der Waals surface area contributed by atoms with Gasteiger partial charge in [-0.15, -0.1) is 13.2 Å². The number of hydrogen-bond acceptors (Lipinski definition) is 5. The van der Waals surface area contributed by atoms with Crippen LogP contribution in [0.2, 0.25) is 0 Å². The first-order valence-corrected chi connectivity index (χ1v) is 10.0. The third-order valence-electron chi connectivity index (χ3n) is 4.99. The number of benzene rings is 3. The van der Waals surface area contributed by atoms with Crippen LogP contribution in [-0.4, -0.2) is 22.6 Å². The van der Waals surface area contributed by atoms with Crippen LogP contribution in [0.15, 0.2) is 71.7 Å². The summed E-state index contributed by atoms with van der Waals surface area (Å²) in [5.41, 5.74) is 1.93. The number of ether oxygens (including phenoxy) is 2. The zero-order valence-electron chi connectivity index (χ0n) is 17.7. The maximum atomic E-state index is 12.4. The molecule has 0 aliphatic carbocycles. The Hall–Kier alpha value is -3.88. The molecule has 3 aromatic rings. The second kappa shape index (κ2) is 8.23. The fourth-order valence-corrected chi connectivity index (χ4v) is 3.66. The zero-order valence-corrected chi connectivity index (χ0v) is 17.7. The third-order valence-corrected chi connectivity index (χ3v) is 4.99. The van der Waals surface area contributed by atoms with Crippen LogP contribution in [0.25, 0.3) is 11.1 Å². The van der Waals surface area contributed by atoms with Crippen molar-refractivity contribution >= 4 is 17.1 Å². The van der Waals surface area contributed by atoms with E-state index in [0.717, 1.165) is 5.56 Å². The van der Waals surface area contributed by atoms with Crippen molar-refractivity contribution in [3.05, 3.63) is 82.4 Å². The van der Waals surface area contributed by atoms with Gasteiger partial charge >= 0.3 is 6.36 Å². The minimum Gasteiger partial charge on any atom is -0.486 e. The van der Waals surface area contributed by atoms with Gasteiger partial charge in [0.2, 0.25) is 0 Å². The van der Waals surface area contributed by atoms with Gasteiger partial charge in [0.05, 0.1) is 16.3 Å². The number of non-ortho nitro benzene ring substituents is 1. The molecule has 0 saturated carbocycles. The lowest BCUT2D eigenvalue weighted by Gasteiger charge is -2.34. The smallest absolute Gasteiger partial charge is 0.486 e. The summed E-state index contributed by atoms with van der Waals surface area (Å²) in [5.74, 6) is 0.111. The first kappa shape index (κ1) is 22.3. The van der Waals surface area contributed by atoms with Crippen molar-refractivity contribution in [2.24, 2.45) is 4.99 Å². The highest BCUT2D eigenvalue weighted by molar-refractivity contribution is 6.08. The van der Waals surface area contributed by atoms with Gasteiger partial charge in [0.1, 0.15) is 17.1 Å². The van der Waals surface area contributed by atoms with Crippen molar-refractivity contribution < 1.29 is 27.6 Å². The van der Waals surface area contributed by atoms with Crippen LogP contribution in [0.3, 0.4) is 0 Å². The van der Waals surface area contributed by atoms with E-state index in [0.29, 0.717) is 34.7 Å². The van der Waals surface area contributed by atoms with E-state index in [2.05, 4.69) is 9.73 Å². The monoisotopic (exact) mass is 456 g/mol. The number of hydrogen-bond donors (Lipinski definition) is 0. The third kappa shape index (κ3) is 5.14. The minimum absolute atomic E-state index is 0.113. The molecule has 0 bridgehead atoms. The van der Waals surface area contributed by atoms with E-state index in [1.54, 1.807) is 0 Å². The molecular formula is C24H19F3N2O4. The van der Waals surface area contributed by atoms with Gasteiger partial charge in [-0.05, 0) is 43.7 Å². The topological polar surface area (TPSA) is 74.0 Å². The van der Waals surface area contributed by atoms with Gasteiger partial charge in [0, 0.05) is 29.7 Å². The van der Waals surface area contributed by atoms with Crippen molar-refractivity contribution in [3.63, 3.8) is 0 Å².